The highest BCUT2D eigenvalue weighted by atomic mass is 16.5. The Morgan fingerprint density at radius 2 is 1.96 bits per heavy atom. The summed E-state index contributed by atoms with van der Waals surface area (Å²) < 4.78 is 6.43. The number of carbonyl (C=O) groups excluding carboxylic acids is 1. The molecule has 1 unspecified atom stereocenters. The molecular formula is C24H32N2O2. The van der Waals surface area contributed by atoms with Crippen molar-refractivity contribution in [3.05, 3.63) is 48.0 Å². The molecule has 0 bridgehead atoms. The van der Waals surface area contributed by atoms with Gasteiger partial charge in [0.25, 0.3) is 0 Å². The quantitative estimate of drug-likeness (QED) is 0.858. The summed E-state index contributed by atoms with van der Waals surface area (Å²) in [5, 5.41) is 6.07. The smallest absolute Gasteiger partial charge is 0.219 e. The second kappa shape index (κ2) is 9.06. The fourth-order valence-corrected chi connectivity index (χ4v) is 4.99. The first-order chi connectivity index (χ1) is 13.7. The van der Waals surface area contributed by atoms with Gasteiger partial charge in [-0.2, -0.15) is 0 Å². The number of carbonyl (C=O) groups is 1. The van der Waals surface area contributed by atoms with E-state index in [1.165, 1.54) is 29.2 Å². The number of benzene rings is 2. The van der Waals surface area contributed by atoms with E-state index in [1.54, 1.807) is 6.92 Å². The van der Waals surface area contributed by atoms with Gasteiger partial charge in [0.05, 0.1) is 12.7 Å². The Bertz CT molecular complexity index is 806. The van der Waals surface area contributed by atoms with Crippen LogP contribution in [0.3, 0.4) is 0 Å². The van der Waals surface area contributed by atoms with Crippen LogP contribution >= 0.6 is 0 Å². The number of hydrogen-bond acceptors (Lipinski definition) is 3. The molecule has 4 heteroatoms. The van der Waals surface area contributed by atoms with Crippen LogP contribution in [-0.4, -0.2) is 49.2 Å². The monoisotopic (exact) mass is 380 g/mol. The summed E-state index contributed by atoms with van der Waals surface area (Å²) in [6.45, 7) is 5.07. The molecule has 2 fully saturated rings. The normalized spacial score (nSPS) is 25.8. The molecule has 3 atom stereocenters. The van der Waals surface area contributed by atoms with Gasteiger partial charge in [-0.15, -0.1) is 0 Å². The SMILES string of the molecule is CC(=O)N1CCNCC1[C@@H]1CCCC[C@@H]1OCCc1ccc2ccccc2c1. The fraction of sp³-hybridized carbons (Fsp3) is 0.542. The lowest BCUT2D eigenvalue weighted by atomic mass is 9.80. The Hall–Kier alpha value is -1.91. The number of amides is 1. The molecule has 28 heavy (non-hydrogen) atoms. The number of hydrogen-bond donors (Lipinski definition) is 1. The van der Waals surface area contributed by atoms with Gasteiger partial charge in [0, 0.05) is 38.5 Å². The van der Waals surface area contributed by atoms with Crippen molar-refractivity contribution in [2.24, 2.45) is 5.92 Å². The molecule has 1 aliphatic carbocycles. The Morgan fingerprint density at radius 3 is 2.82 bits per heavy atom. The molecule has 1 heterocycles. The van der Waals surface area contributed by atoms with E-state index in [-0.39, 0.29) is 18.1 Å². The van der Waals surface area contributed by atoms with Gasteiger partial charge in [0.15, 0.2) is 0 Å². The Balaban J connectivity index is 1.38. The van der Waals surface area contributed by atoms with Gasteiger partial charge >= 0.3 is 0 Å². The number of rotatable bonds is 5. The molecule has 1 saturated heterocycles. The number of nitrogens with one attached hydrogen (secondary N) is 1. The molecule has 4 rings (SSSR count). The maximum Gasteiger partial charge on any atom is 0.219 e. The lowest BCUT2D eigenvalue weighted by Gasteiger charge is -2.44. The molecular weight excluding hydrogens is 348 g/mol. The summed E-state index contributed by atoms with van der Waals surface area (Å²) >= 11 is 0. The molecule has 0 radical (unpaired) electrons. The average Bonchev–Trinajstić information content (AvgIpc) is 2.74. The van der Waals surface area contributed by atoms with Gasteiger partial charge in [-0.3, -0.25) is 4.79 Å². The molecule has 4 nitrogen and oxygen atoms in total. The van der Waals surface area contributed by atoms with Gasteiger partial charge in [0.2, 0.25) is 5.91 Å². The van der Waals surface area contributed by atoms with Crippen molar-refractivity contribution in [3.8, 4) is 0 Å². The van der Waals surface area contributed by atoms with E-state index in [0.29, 0.717) is 5.92 Å². The molecule has 1 amide bonds. The van der Waals surface area contributed by atoms with Crippen molar-refractivity contribution in [2.75, 3.05) is 26.2 Å². The number of ether oxygens (including phenoxy) is 1. The summed E-state index contributed by atoms with van der Waals surface area (Å²) in [5.74, 6) is 0.647. The Morgan fingerprint density at radius 1 is 1.14 bits per heavy atom. The van der Waals surface area contributed by atoms with Crippen molar-refractivity contribution < 1.29 is 9.53 Å². The van der Waals surface area contributed by atoms with Gasteiger partial charge in [-0.05, 0) is 35.6 Å². The lowest BCUT2D eigenvalue weighted by Crippen LogP contribution is -2.58. The van der Waals surface area contributed by atoms with E-state index in [4.69, 9.17) is 4.74 Å². The highest BCUT2D eigenvalue weighted by molar-refractivity contribution is 5.83. The van der Waals surface area contributed by atoms with E-state index >= 15 is 0 Å². The molecule has 0 spiro atoms. The zero-order valence-corrected chi connectivity index (χ0v) is 16.9. The highest BCUT2D eigenvalue weighted by Crippen LogP contribution is 2.32. The summed E-state index contributed by atoms with van der Waals surface area (Å²) in [4.78, 5) is 14.2. The summed E-state index contributed by atoms with van der Waals surface area (Å²) in [7, 11) is 0. The van der Waals surface area contributed by atoms with Crippen LogP contribution in [0.1, 0.15) is 38.2 Å². The summed E-state index contributed by atoms with van der Waals surface area (Å²) in [6.07, 6.45) is 5.96. The van der Waals surface area contributed by atoms with Gasteiger partial charge in [-0.1, -0.05) is 55.3 Å². The van der Waals surface area contributed by atoms with Crippen LogP contribution in [-0.2, 0) is 16.0 Å². The van der Waals surface area contributed by atoms with E-state index < -0.39 is 0 Å². The third kappa shape index (κ3) is 4.39. The maximum absolute atomic E-state index is 12.1. The zero-order chi connectivity index (χ0) is 19.3. The van der Waals surface area contributed by atoms with Crippen LogP contribution in [0, 0.1) is 5.92 Å². The Labute approximate surface area is 168 Å². The van der Waals surface area contributed by atoms with Crippen molar-refractivity contribution in [2.45, 2.75) is 51.2 Å². The minimum absolute atomic E-state index is 0.201. The van der Waals surface area contributed by atoms with Crippen LogP contribution in [0.15, 0.2) is 42.5 Å². The molecule has 2 aliphatic rings. The van der Waals surface area contributed by atoms with Crippen LogP contribution in [0.4, 0.5) is 0 Å². The van der Waals surface area contributed by atoms with Gasteiger partial charge < -0.3 is 15.0 Å². The zero-order valence-electron chi connectivity index (χ0n) is 16.9. The standard InChI is InChI=1S/C24H32N2O2/c1-18(27)26-14-13-25-17-23(26)22-8-4-5-9-24(22)28-15-12-19-10-11-20-6-2-3-7-21(20)16-19/h2-3,6-7,10-11,16,22-25H,4-5,8-9,12-15,17H2,1H3/t22-,23?,24-/m0/s1. The Kier molecular flexibility index (Phi) is 6.28. The van der Waals surface area contributed by atoms with Crippen molar-refractivity contribution >= 4 is 16.7 Å². The first kappa shape index (κ1) is 19.4. The molecule has 0 aromatic heterocycles. The lowest BCUT2D eigenvalue weighted by molar-refractivity contribution is -0.136. The minimum Gasteiger partial charge on any atom is -0.378 e. The first-order valence-corrected chi connectivity index (χ1v) is 10.8. The van der Waals surface area contributed by atoms with Crippen molar-refractivity contribution in [3.63, 3.8) is 0 Å². The molecule has 2 aromatic carbocycles. The van der Waals surface area contributed by atoms with Crippen molar-refractivity contribution in [1.82, 2.24) is 10.2 Å². The second-order valence-electron chi connectivity index (χ2n) is 8.27. The number of piperazine rings is 1. The summed E-state index contributed by atoms with van der Waals surface area (Å²) in [6, 6.07) is 15.5. The third-order valence-corrected chi connectivity index (χ3v) is 6.47. The van der Waals surface area contributed by atoms with E-state index in [0.717, 1.165) is 45.5 Å². The van der Waals surface area contributed by atoms with E-state index in [2.05, 4.69) is 52.7 Å². The van der Waals surface area contributed by atoms with Gasteiger partial charge in [-0.25, -0.2) is 0 Å². The predicted octanol–water partition coefficient (Wildman–Crippen LogP) is 3.78. The number of fused-ring (bicyclic) bond motifs is 1. The molecule has 1 saturated carbocycles. The number of nitrogens with zero attached hydrogens (tertiary/aromatic N) is 1. The maximum atomic E-state index is 12.1. The van der Waals surface area contributed by atoms with Crippen LogP contribution in [0.2, 0.25) is 0 Å². The molecule has 2 aromatic rings. The van der Waals surface area contributed by atoms with E-state index in [9.17, 15) is 4.79 Å². The van der Waals surface area contributed by atoms with Crippen LogP contribution in [0.25, 0.3) is 10.8 Å². The highest BCUT2D eigenvalue weighted by Gasteiger charge is 2.37. The van der Waals surface area contributed by atoms with Crippen LogP contribution in [0.5, 0.6) is 0 Å². The topological polar surface area (TPSA) is 41.6 Å². The largest absolute Gasteiger partial charge is 0.378 e. The third-order valence-electron chi connectivity index (χ3n) is 6.47. The molecule has 1 aliphatic heterocycles. The minimum atomic E-state index is 0.201. The van der Waals surface area contributed by atoms with Crippen molar-refractivity contribution in [1.29, 1.82) is 0 Å². The fourth-order valence-electron chi connectivity index (χ4n) is 4.99. The van der Waals surface area contributed by atoms with Gasteiger partial charge in [0.1, 0.15) is 0 Å². The first-order valence-electron chi connectivity index (χ1n) is 10.8. The molecule has 1 N–H and O–H groups in total. The summed E-state index contributed by atoms with van der Waals surface area (Å²) in [5.41, 5.74) is 1.33. The molecule has 150 valence electrons. The van der Waals surface area contributed by atoms with E-state index in [1.807, 2.05) is 0 Å². The second-order valence-corrected chi connectivity index (χ2v) is 8.27. The van der Waals surface area contributed by atoms with Crippen LogP contribution < -0.4 is 5.32 Å². The average molecular weight is 381 g/mol. The predicted molar refractivity (Wildman–Crippen MR) is 113 cm³/mol.